The zero-order valence-corrected chi connectivity index (χ0v) is 19.0. The molecule has 1 aliphatic heterocycles. The average molecular weight is 518 g/mol. The number of benzene rings is 3. The van der Waals surface area contributed by atoms with Crippen molar-refractivity contribution in [1.29, 1.82) is 0 Å². The molecular weight excluding hydrogens is 492 g/mol. The molecule has 0 spiro atoms. The zero-order valence-electron chi connectivity index (χ0n) is 17.4. The molecule has 0 radical (unpaired) electrons. The van der Waals surface area contributed by atoms with Gasteiger partial charge in [0.25, 0.3) is 10.0 Å². The Labute approximate surface area is 244 Å². The first kappa shape index (κ1) is 29.3. The molecule has 4 rings (SSSR count). The van der Waals surface area contributed by atoms with Crippen molar-refractivity contribution in [3.63, 3.8) is 0 Å². The molecule has 0 aromatic heterocycles. The summed E-state index contributed by atoms with van der Waals surface area (Å²) in [4.78, 5) is 0.0728. The van der Waals surface area contributed by atoms with Crippen molar-refractivity contribution in [2.24, 2.45) is 5.14 Å². The molecule has 1 heterocycles. The summed E-state index contributed by atoms with van der Waals surface area (Å²) in [5, 5.41) is 8.57. The van der Waals surface area contributed by atoms with Gasteiger partial charge in [0, 0.05) is 13.1 Å². The van der Waals surface area contributed by atoms with E-state index in [1.165, 1.54) is 12.1 Å². The first-order valence-corrected chi connectivity index (χ1v) is 12.9. The maximum absolute atomic E-state index is 13.2. The Kier molecular flexibility index (Phi) is 10.2. The van der Waals surface area contributed by atoms with Crippen LogP contribution in [0.15, 0.2) is 70.5 Å². The number of nitrogens with one attached hydrogen (secondary N) is 2. The van der Waals surface area contributed by atoms with Crippen molar-refractivity contribution in [3.8, 4) is 0 Å². The van der Waals surface area contributed by atoms with Crippen LogP contribution in [0.2, 0.25) is 0 Å². The molecule has 0 fully saturated rings. The number of nitrogens with two attached hydrogens (primary N) is 1. The van der Waals surface area contributed by atoms with E-state index in [0.717, 1.165) is 16.7 Å². The minimum absolute atomic E-state index is 0. The van der Waals surface area contributed by atoms with Gasteiger partial charge in [-0.3, -0.25) is 4.72 Å². The van der Waals surface area contributed by atoms with Crippen LogP contribution < -0.4 is 15.2 Å². The summed E-state index contributed by atoms with van der Waals surface area (Å²) in [5.41, 5.74) is 4.09. The van der Waals surface area contributed by atoms with Crippen LogP contribution in [0.4, 0.5) is 5.69 Å². The standard InChI is InChI=1S/C23H23N3O4S2.2Na.2H/c1-16-9-10-18(23(13-16)31(24,27)28)12-11-17-5-2-3-8-22(17)32(29,30)26-21-7-4-6-19-14-25-15-20(19)21;;;;/h2-13,25-26H,14-15H2,1H3,(H2,24,27,28);;;;. The molecule has 4 N–H and O–H groups in total. The third kappa shape index (κ3) is 6.61. The second-order valence-electron chi connectivity index (χ2n) is 7.61. The molecular formula is C23H25N3Na2O4S2. The van der Waals surface area contributed by atoms with E-state index in [0.29, 0.717) is 29.9 Å². The molecule has 0 saturated carbocycles. The Bertz CT molecular complexity index is 1440. The van der Waals surface area contributed by atoms with Gasteiger partial charge in [0.15, 0.2) is 0 Å². The fraction of sp³-hybridized carbons (Fsp3) is 0.130. The summed E-state index contributed by atoms with van der Waals surface area (Å²) in [6, 6.07) is 17.0. The van der Waals surface area contributed by atoms with Gasteiger partial charge in [0.1, 0.15) is 0 Å². The van der Waals surface area contributed by atoms with Gasteiger partial charge in [0.2, 0.25) is 10.0 Å². The molecule has 0 bridgehead atoms. The first-order valence-electron chi connectivity index (χ1n) is 9.90. The number of hydrogen-bond acceptors (Lipinski definition) is 5. The summed E-state index contributed by atoms with van der Waals surface area (Å²) < 4.78 is 53.1. The Morgan fingerprint density at radius 2 is 1.53 bits per heavy atom. The summed E-state index contributed by atoms with van der Waals surface area (Å²) in [6.07, 6.45) is 3.13. The van der Waals surface area contributed by atoms with Gasteiger partial charge in [-0.25, -0.2) is 22.0 Å². The van der Waals surface area contributed by atoms with Gasteiger partial charge in [-0.1, -0.05) is 54.6 Å². The fourth-order valence-electron chi connectivity index (χ4n) is 3.69. The molecule has 34 heavy (non-hydrogen) atoms. The van der Waals surface area contributed by atoms with E-state index >= 15 is 0 Å². The van der Waals surface area contributed by atoms with Gasteiger partial charge in [0.05, 0.1) is 15.5 Å². The molecule has 3 aromatic rings. The summed E-state index contributed by atoms with van der Waals surface area (Å²) in [6.45, 7) is 3.07. The van der Waals surface area contributed by atoms with Crippen LogP contribution in [0.3, 0.4) is 0 Å². The number of primary sulfonamides is 1. The molecule has 3 aromatic carbocycles. The summed E-state index contributed by atoms with van der Waals surface area (Å²) >= 11 is 0. The van der Waals surface area contributed by atoms with Crippen molar-refractivity contribution in [3.05, 3.63) is 88.5 Å². The van der Waals surface area contributed by atoms with Gasteiger partial charge >= 0.3 is 59.1 Å². The predicted octanol–water partition coefficient (Wildman–Crippen LogP) is 1.92. The number of sulfonamides is 2. The van der Waals surface area contributed by atoms with E-state index in [1.807, 2.05) is 12.1 Å². The molecule has 0 amide bonds. The van der Waals surface area contributed by atoms with Crippen molar-refractivity contribution in [1.82, 2.24) is 5.32 Å². The summed E-state index contributed by atoms with van der Waals surface area (Å²) in [5.74, 6) is 0. The summed E-state index contributed by atoms with van der Waals surface area (Å²) in [7, 11) is -7.82. The molecule has 170 valence electrons. The van der Waals surface area contributed by atoms with Gasteiger partial charge in [-0.15, -0.1) is 0 Å². The van der Waals surface area contributed by atoms with Crippen LogP contribution in [0, 0.1) is 6.92 Å². The topological polar surface area (TPSA) is 118 Å². The van der Waals surface area contributed by atoms with E-state index in [2.05, 4.69) is 10.0 Å². The molecule has 1 aliphatic rings. The molecule has 0 atom stereocenters. The Balaban J connectivity index is 0.00000204. The quantitative estimate of drug-likeness (QED) is 0.341. The zero-order chi connectivity index (χ0) is 22.9. The van der Waals surface area contributed by atoms with Crippen molar-refractivity contribution < 1.29 is 16.8 Å². The van der Waals surface area contributed by atoms with E-state index in [9.17, 15) is 16.8 Å². The Hall–Kier alpha value is -0.980. The number of fused-ring (bicyclic) bond motifs is 1. The van der Waals surface area contributed by atoms with Crippen molar-refractivity contribution >= 4 is 97.0 Å². The van der Waals surface area contributed by atoms with Crippen molar-refractivity contribution in [2.75, 3.05) is 4.72 Å². The van der Waals surface area contributed by atoms with Crippen LogP contribution in [0.5, 0.6) is 0 Å². The SMILES string of the molecule is Cc1ccc(C=Cc2ccccc2S(=O)(=O)Nc2cccc3c2CNC3)c(S(N)(=O)=O)c1.[NaH].[NaH]. The molecule has 11 heteroatoms. The van der Waals surface area contributed by atoms with E-state index in [4.69, 9.17) is 5.14 Å². The molecule has 0 aliphatic carbocycles. The third-order valence-electron chi connectivity index (χ3n) is 5.26. The van der Waals surface area contributed by atoms with Gasteiger partial charge < -0.3 is 5.32 Å². The van der Waals surface area contributed by atoms with Gasteiger partial charge in [-0.05, 0) is 52.9 Å². The Morgan fingerprint density at radius 1 is 0.853 bits per heavy atom. The van der Waals surface area contributed by atoms with Crippen LogP contribution in [-0.4, -0.2) is 76.0 Å². The van der Waals surface area contributed by atoms with Crippen LogP contribution in [-0.2, 0) is 33.1 Å². The minimum atomic E-state index is -3.93. The van der Waals surface area contributed by atoms with Crippen LogP contribution >= 0.6 is 0 Å². The number of anilines is 1. The predicted molar refractivity (Wildman–Crippen MR) is 140 cm³/mol. The average Bonchev–Trinajstić information content (AvgIpc) is 3.22. The number of hydrogen-bond donors (Lipinski definition) is 3. The molecule has 0 unspecified atom stereocenters. The maximum atomic E-state index is 13.2. The van der Waals surface area contributed by atoms with E-state index < -0.39 is 20.0 Å². The normalized spacial score (nSPS) is 13.1. The van der Waals surface area contributed by atoms with E-state index in [-0.39, 0.29) is 68.9 Å². The van der Waals surface area contributed by atoms with Crippen LogP contribution in [0.1, 0.15) is 27.8 Å². The second-order valence-corrected chi connectivity index (χ2v) is 10.8. The number of aryl methyl sites for hydroxylation is 1. The molecule has 7 nitrogen and oxygen atoms in total. The third-order valence-corrected chi connectivity index (χ3v) is 7.67. The second kappa shape index (κ2) is 11.8. The Morgan fingerprint density at radius 3 is 2.24 bits per heavy atom. The fourth-order valence-corrected chi connectivity index (χ4v) is 5.80. The monoisotopic (exact) mass is 517 g/mol. The first-order chi connectivity index (χ1) is 15.1. The van der Waals surface area contributed by atoms with Crippen LogP contribution in [0.25, 0.3) is 12.2 Å². The van der Waals surface area contributed by atoms with Gasteiger partial charge in [-0.2, -0.15) is 0 Å². The molecule has 0 saturated heterocycles. The van der Waals surface area contributed by atoms with E-state index in [1.54, 1.807) is 55.5 Å². The number of rotatable bonds is 6. The van der Waals surface area contributed by atoms with Crippen molar-refractivity contribution in [2.45, 2.75) is 29.8 Å².